The van der Waals surface area contributed by atoms with Gasteiger partial charge in [-0.3, -0.25) is 9.59 Å². The van der Waals surface area contributed by atoms with Crippen LogP contribution >= 0.6 is 0 Å². The number of nitrogens with one attached hydrogen (secondary N) is 1. The van der Waals surface area contributed by atoms with Crippen molar-refractivity contribution in [3.63, 3.8) is 0 Å². The Balaban J connectivity index is 2.67. The molecule has 2 amide bonds. The molecule has 5 heteroatoms. The Bertz CT molecular complexity index is 260. The standard InChI is InChI=1S/C8H13N3O2/c1-2-3-5(9)8-10-6(12)4-7(13)11-8/h5H,2-4,9H2,1H3,(H,10,11,12,13). The zero-order valence-electron chi connectivity index (χ0n) is 7.54. The smallest absolute Gasteiger partial charge is 0.256 e. The molecule has 1 rings (SSSR count). The number of carbonyl (C=O) groups is 2. The first-order valence-corrected chi connectivity index (χ1v) is 4.30. The predicted octanol–water partition coefficient (Wildman–Crippen LogP) is -0.441. The van der Waals surface area contributed by atoms with Crippen LogP contribution in [-0.4, -0.2) is 23.7 Å². The summed E-state index contributed by atoms with van der Waals surface area (Å²) in [5.74, 6) is -0.421. The van der Waals surface area contributed by atoms with E-state index >= 15 is 0 Å². The molecule has 1 atom stereocenters. The van der Waals surface area contributed by atoms with E-state index in [1.54, 1.807) is 0 Å². The van der Waals surface area contributed by atoms with E-state index in [0.29, 0.717) is 12.3 Å². The molecule has 1 aliphatic heterocycles. The van der Waals surface area contributed by atoms with Gasteiger partial charge in [-0.1, -0.05) is 13.3 Å². The van der Waals surface area contributed by atoms with Gasteiger partial charge in [-0.2, -0.15) is 4.99 Å². The normalized spacial score (nSPS) is 19.4. The summed E-state index contributed by atoms with van der Waals surface area (Å²) in [5.41, 5.74) is 5.69. The molecular weight excluding hydrogens is 170 g/mol. The molecular formula is C8H13N3O2. The lowest BCUT2D eigenvalue weighted by Crippen LogP contribution is -2.47. The fourth-order valence-corrected chi connectivity index (χ4v) is 1.15. The highest BCUT2D eigenvalue weighted by Gasteiger charge is 2.21. The van der Waals surface area contributed by atoms with Gasteiger partial charge in [0.05, 0.1) is 6.04 Å². The van der Waals surface area contributed by atoms with Crippen LogP contribution in [0.4, 0.5) is 0 Å². The van der Waals surface area contributed by atoms with E-state index in [0.717, 1.165) is 6.42 Å². The van der Waals surface area contributed by atoms with Crippen LogP contribution in [0.3, 0.4) is 0 Å². The molecule has 0 aromatic heterocycles. The Morgan fingerprint density at radius 1 is 1.62 bits per heavy atom. The van der Waals surface area contributed by atoms with E-state index in [4.69, 9.17) is 5.73 Å². The Morgan fingerprint density at radius 2 is 2.31 bits per heavy atom. The molecule has 0 aliphatic carbocycles. The van der Waals surface area contributed by atoms with Crippen LogP contribution in [-0.2, 0) is 9.59 Å². The maximum atomic E-state index is 10.9. The number of hydrogen-bond acceptors (Lipinski definition) is 3. The molecule has 0 aromatic carbocycles. The second-order valence-electron chi connectivity index (χ2n) is 3.01. The molecule has 1 unspecified atom stereocenters. The van der Waals surface area contributed by atoms with E-state index in [1.807, 2.05) is 6.92 Å². The zero-order chi connectivity index (χ0) is 9.84. The van der Waals surface area contributed by atoms with Gasteiger partial charge in [0.15, 0.2) is 0 Å². The number of amides is 2. The minimum absolute atomic E-state index is 0.164. The lowest BCUT2D eigenvalue weighted by Gasteiger charge is -2.17. The van der Waals surface area contributed by atoms with Crippen molar-refractivity contribution < 1.29 is 9.59 Å². The van der Waals surface area contributed by atoms with Crippen molar-refractivity contribution in [3.8, 4) is 0 Å². The second kappa shape index (κ2) is 4.13. The largest absolute Gasteiger partial charge is 0.321 e. The summed E-state index contributed by atoms with van der Waals surface area (Å²) >= 11 is 0. The highest BCUT2D eigenvalue weighted by molar-refractivity contribution is 6.15. The van der Waals surface area contributed by atoms with Gasteiger partial charge in [-0.25, -0.2) is 0 Å². The van der Waals surface area contributed by atoms with Gasteiger partial charge >= 0.3 is 0 Å². The van der Waals surface area contributed by atoms with Gasteiger partial charge in [0.2, 0.25) is 5.91 Å². The van der Waals surface area contributed by atoms with Crippen molar-refractivity contribution in [3.05, 3.63) is 0 Å². The van der Waals surface area contributed by atoms with E-state index < -0.39 is 5.91 Å². The summed E-state index contributed by atoms with van der Waals surface area (Å²) in [6.07, 6.45) is 1.44. The monoisotopic (exact) mass is 183 g/mol. The highest BCUT2D eigenvalue weighted by Crippen LogP contribution is 2.00. The third-order valence-corrected chi connectivity index (χ3v) is 1.78. The number of carbonyl (C=O) groups excluding carboxylic acids is 2. The van der Waals surface area contributed by atoms with Gasteiger partial charge in [-0.15, -0.1) is 0 Å². The van der Waals surface area contributed by atoms with Gasteiger partial charge in [0, 0.05) is 0 Å². The van der Waals surface area contributed by atoms with Crippen LogP contribution < -0.4 is 11.1 Å². The Labute approximate surface area is 76.4 Å². The van der Waals surface area contributed by atoms with Gasteiger partial charge in [0.25, 0.3) is 5.91 Å². The van der Waals surface area contributed by atoms with Crippen LogP contribution in [0.1, 0.15) is 26.2 Å². The molecule has 0 radical (unpaired) electrons. The molecule has 1 aliphatic rings. The summed E-state index contributed by atoms with van der Waals surface area (Å²) < 4.78 is 0. The predicted molar refractivity (Wildman–Crippen MR) is 48.1 cm³/mol. The SMILES string of the molecule is CCCC(N)C1=NC(=O)CC(=O)N1. The Hall–Kier alpha value is -1.23. The van der Waals surface area contributed by atoms with Crippen molar-refractivity contribution in [2.45, 2.75) is 32.2 Å². The molecule has 0 fully saturated rings. The van der Waals surface area contributed by atoms with E-state index in [9.17, 15) is 9.59 Å². The zero-order valence-corrected chi connectivity index (χ0v) is 7.54. The van der Waals surface area contributed by atoms with Crippen molar-refractivity contribution in [1.29, 1.82) is 0 Å². The molecule has 0 saturated heterocycles. The molecule has 72 valence electrons. The summed E-state index contributed by atoms with van der Waals surface area (Å²) in [6.45, 7) is 1.98. The number of rotatable bonds is 3. The summed E-state index contributed by atoms with van der Waals surface area (Å²) in [5, 5.41) is 2.50. The van der Waals surface area contributed by atoms with E-state index in [1.165, 1.54) is 0 Å². The summed E-state index contributed by atoms with van der Waals surface area (Å²) in [4.78, 5) is 25.5. The molecule has 13 heavy (non-hydrogen) atoms. The molecule has 1 heterocycles. The van der Waals surface area contributed by atoms with Crippen LogP contribution in [0.5, 0.6) is 0 Å². The quantitative estimate of drug-likeness (QED) is 0.581. The average Bonchev–Trinajstić information content (AvgIpc) is 2.03. The third-order valence-electron chi connectivity index (χ3n) is 1.78. The van der Waals surface area contributed by atoms with Gasteiger partial charge < -0.3 is 11.1 Å². The van der Waals surface area contributed by atoms with Crippen molar-refractivity contribution in [2.24, 2.45) is 10.7 Å². The van der Waals surface area contributed by atoms with Crippen LogP contribution in [0.2, 0.25) is 0 Å². The number of hydrogen-bond donors (Lipinski definition) is 2. The highest BCUT2D eigenvalue weighted by atomic mass is 16.2. The fraction of sp³-hybridized carbons (Fsp3) is 0.625. The minimum atomic E-state index is -0.412. The van der Waals surface area contributed by atoms with Crippen LogP contribution in [0.25, 0.3) is 0 Å². The molecule has 0 saturated carbocycles. The van der Waals surface area contributed by atoms with E-state index in [2.05, 4.69) is 10.3 Å². The molecule has 0 bridgehead atoms. The van der Waals surface area contributed by atoms with Crippen LogP contribution in [0, 0.1) is 0 Å². The molecule has 0 aromatic rings. The minimum Gasteiger partial charge on any atom is -0.321 e. The Kier molecular flexibility index (Phi) is 3.13. The molecule has 0 spiro atoms. The maximum absolute atomic E-state index is 10.9. The molecule has 3 N–H and O–H groups in total. The van der Waals surface area contributed by atoms with Crippen molar-refractivity contribution in [1.82, 2.24) is 5.32 Å². The number of amidine groups is 1. The fourth-order valence-electron chi connectivity index (χ4n) is 1.15. The van der Waals surface area contributed by atoms with Crippen molar-refractivity contribution in [2.75, 3.05) is 0 Å². The van der Waals surface area contributed by atoms with Crippen LogP contribution in [0.15, 0.2) is 4.99 Å². The van der Waals surface area contributed by atoms with Gasteiger partial charge in [0.1, 0.15) is 12.3 Å². The lowest BCUT2D eigenvalue weighted by atomic mass is 10.1. The number of aliphatic imine (C=N–C) groups is 1. The first kappa shape index (κ1) is 9.85. The van der Waals surface area contributed by atoms with Crippen molar-refractivity contribution >= 4 is 17.6 Å². The summed E-state index contributed by atoms with van der Waals surface area (Å²) in [6, 6.07) is -0.335. The second-order valence-corrected chi connectivity index (χ2v) is 3.01. The Morgan fingerprint density at radius 3 is 2.85 bits per heavy atom. The van der Waals surface area contributed by atoms with Gasteiger partial charge in [-0.05, 0) is 6.42 Å². The molecule has 5 nitrogen and oxygen atoms in total. The average molecular weight is 183 g/mol. The third kappa shape index (κ3) is 2.62. The first-order valence-electron chi connectivity index (χ1n) is 4.30. The lowest BCUT2D eigenvalue weighted by molar-refractivity contribution is -0.127. The number of nitrogens with zero attached hydrogens (tertiary/aromatic N) is 1. The topological polar surface area (TPSA) is 84.5 Å². The summed E-state index contributed by atoms with van der Waals surface area (Å²) in [7, 11) is 0. The first-order chi connectivity index (χ1) is 6.13. The maximum Gasteiger partial charge on any atom is 0.256 e. The van der Waals surface area contributed by atoms with E-state index in [-0.39, 0.29) is 18.4 Å². The number of nitrogens with two attached hydrogens (primary N) is 1.